The van der Waals surface area contributed by atoms with Gasteiger partial charge in [0, 0.05) is 23.1 Å². The number of aromatic amines is 1. The number of nitrogens with one attached hydrogen (secondary N) is 1. The molecule has 0 unspecified atom stereocenters. The van der Waals surface area contributed by atoms with Gasteiger partial charge in [-0.05, 0) is 31.9 Å². The minimum atomic E-state index is -0.124. The maximum Gasteiger partial charge on any atom is 0.260 e. The summed E-state index contributed by atoms with van der Waals surface area (Å²) < 4.78 is 0. The number of hydrogen-bond acceptors (Lipinski definition) is 5. The summed E-state index contributed by atoms with van der Waals surface area (Å²) in [5.41, 5.74) is 4.22. The van der Waals surface area contributed by atoms with E-state index in [1.807, 2.05) is 5.38 Å². The Morgan fingerprint density at radius 3 is 2.79 bits per heavy atom. The molecule has 4 nitrogen and oxygen atoms in total. The first-order valence-corrected chi connectivity index (χ1v) is 9.53. The van der Waals surface area contributed by atoms with Crippen molar-refractivity contribution in [2.45, 2.75) is 32.3 Å². The molecule has 0 fully saturated rings. The van der Waals surface area contributed by atoms with E-state index in [-0.39, 0.29) is 11.3 Å². The molecule has 0 aliphatic heterocycles. The molecule has 2 heterocycles. The predicted octanol–water partition coefficient (Wildman–Crippen LogP) is 4.34. The lowest BCUT2D eigenvalue weighted by Gasteiger charge is -2.06. The Balaban J connectivity index is 2.01. The molecule has 6 heteroatoms. The second-order valence-electron chi connectivity index (χ2n) is 5.82. The van der Waals surface area contributed by atoms with E-state index < -0.39 is 0 Å². The minimum absolute atomic E-state index is 0.124. The van der Waals surface area contributed by atoms with E-state index in [1.54, 1.807) is 6.92 Å². The standard InChI is InChI=1S/C18H18N2O2S2/c1-10-4-5-13(11(2)8-10)14-9-24-17-15(14)16(22)19-18(20-17)23-7-6-12(3)21/h4-5,8-9H,6-7H2,1-3H3,(H,19,20,22). The Morgan fingerprint density at radius 2 is 2.08 bits per heavy atom. The number of aromatic nitrogens is 2. The summed E-state index contributed by atoms with van der Waals surface area (Å²) >= 11 is 2.89. The predicted molar refractivity (Wildman–Crippen MR) is 101 cm³/mol. The van der Waals surface area contributed by atoms with Gasteiger partial charge in [0.1, 0.15) is 10.6 Å². The molecule has 0 spiro atoms. The van der Waals surface area contributed by atoms with Crippen LogP contribution in [-0.4, -0.2) is 21.5 Å². The Hall–Kier alpha value is -1.92. The SMILES string of the molecule is CC(=O)CCSc1nc2scc(-c3ccc(C)cc3C)c2c(=O)[nH]1. The highest BCUT2D eigenvalue weighted by atomic mass is 32.2. The molecule has 0 saturated carbocycles. The molecule has 0 radical (unpaired) electrons. The van der Waals surface area contributed by atoms with E-state index in [1.165, 1.54) is 28.7 Å². The van der Waals surface area contributed by atoms with Crippen LogP contribution >= 0.6 is 23.1 Å². The normalized spacial score (nSPS) is 11.1. The lowest BCUT2D eigenvalue weighted by Crippen LogP contribution is -2.09. The minimum Gasteiger partial charge on any atom is -0.301 e. The summed E-state index contributed by atoms with van der Waals surface area (Å²) in [5.74, 6) is 0.762. The van der Waals surface area contributed by atoms with Gasteiger partial charge in [-0.3, -0.25) is 9.59 Å². The van der Waals surface area contributed by atoms with Crippen LogP contribution in [0.1, 0.15) is 24.5 Å². The molecule has 0 bridgehead atoms. The van der Waals surface area contributed by atoms with Crippen LogP contribution in [-0.2, 0) is 4.79 Å². The molecule has 3 rings (SSSR count). The van der Waals surface area contributed by atoms with Crippen LogP contribution in [0.4, 0.5) is 0 Å². The van der Waals surface area contributed by atoms with Crippen molar-refractivity contribution in [1.29, 1.82) is 0 Å². The fourth-order valence-electron chi connectivity index (χ4n) is 2.60. The second kappa shape index (κ2) is 6.91. The molecule has 124 valence electrons. The number of Topliss-reactive ketones (excluding diaryl/α,β-unsaturated/α-hetero) is 1. The average molecular weight is 358 g/mol. The van der Waals surface area contributed by atoms with Crippen LogP contribution in [0.3, 0.4) is 0 Å². The van der Waals surface area contributed by atoms with Gasteiger partial charge in [-0.25, -0.2) is 4.98 Å². The van der Waals surface area contributed by atoms with Gasteiger partial charge in [-0.1, -0.05) is 35.5 Å². The number of thiophene rings is 1. The number of benzene rings is 1. The summed E-state index contributed by atoms with van der Waals surface area (Å²) in [7, 11) is 0. The number of ketones is 1. The zero-order chi connectivity index (χ0) is 17.3. The maximum atomic E-state index is 12.6. The summed E-state index contributed by atoms with van der Waals surface area (Å²) in [6, 6.07) is 6.23. The van der Waals surface area contributed by atoms with Gasteiger partial charge in [0.15, 0.2) is 5.16 Å². The van der Waals surface area contributed by atoms with Crippen LogP contribution in [0.5, 0.6) is 0 Å². The molecule has 0 amide bonds. The van der Waals surface area contributed by atoms with Crippen molar-refractivity contribution in [3.05, 3.63) is 45.1 Å². The fraction of sp³-hybridized carbons (Fsp3) is 0.278. The van der Waals surface area contributed by atoms with Gasteiger partial charge in [0.2, 0.25) is 0 Å². The first-order chi connectivity index (χ1) is 11.5. The molecule has 0 atom stereocenters. The molecule has 1 aromatic carbocycles. The van der Waals surface area contributed by atoms with Crippen LogP contribution in [0.25, 0.3) is 21.3 Å². The second-order valence-corrected chi connectivity index (χ2v) is 7.76. The van der Waals surface area contributed by atoms with Crippen LogP contribution in [0, 0.1) is 13.8 Å². The van der Waals surface area contributed by atoms with Crippen LogP contribution < -0.4 is 5.56 Å². The summed E-state index contributed by atoms with van der Waals surface area (Å²) in [6.45, 7) is 5.68. The molecule has 0 aliphatic rings. The molecule has 1 N–H and O–H groups in total. The third kappa shape index (κ3) is 3.44. The number of aryl methyl sites for hydroxylation is 2. The Morgan fingerprint density at radius 1 is 1.29 bits per heavy atom. The zero-order valence-corrected chi connectivity index (χ0v) is 15.4. The van der Waals surface area contributed by atoms with Crippen molar-refractivity contribution >= 4 is 39.1 Å². The van der Waals surface area contributed by atoms with Gasteiger partial charge in [0.25, 0.3) is 5.56 Å². The van der Waals surface area contributed by atoms with E-state index in [0.717, 1.165) is 21.5 Å². The van der Waals surface area contributed by atoms with Gasteiger partial charge in [-0.15, -0.1) is 11.3 Å². The van der Waals surface area contributed by atoms with Gasteiger partial charge in [0.05, 0.1) is 5.39 Å². The number of carbonyl (C=O) groups is 1. The molecule has 24 heavy (non-hydrogen) atoms. The van der Waals surface area contributed by atoms with Crippen molar-refractivity contribution in [1.82, 2.24) is 9.97 Å². The highest BCUT2D eigenvalue weighted by Crippen LogP contribution is 2.33. The monoisotopic (exact) mass is 358 g/mol. The highest BCUT2D eigenvalue weighted by molar-refractivity contribution is 7.99. The average Bonchev–Trinajstić information content (AvgIpc) is 2.91. The van der Waals surface area contributed by atoms with Crippen molar-refractivity contribution in [2.75, 3.05) is 5.75 Å². The number of nitrogens with zero attached hydrogens (tertiary/aromatic N) is 1. The Bertz CT molecular complexity index is 973. The van der Waals surface area contributed by atoms with Gasteiger partial charge in [-0.2, -0.15) is 0 Å². The van der Waals surface area contributed by atoms with E-state index >= 15 is 0 Å². The number of hydrogen-bond donors (Lipinski definition) is 1. The quantitative estimate of drug-likeness (QED) is 0.544. The van der Waals surface area contributed by atoms with Crippen LogP contribution in [0.15, 0.2) is 33.5 Å². The fourth-order valence-corrected chi connectivity index (χ4v) is 4.50. The van der Waals surface area contributed by atoms with Crippen LogP contribution in [0.2, 0.25) is 0 Å². The summed E-state index contributed by atoms with van der Waals surface area (Å²) in [6.07, 6.45) is 0.477. The molecule has 0 saturated heterocycles. The summed E-state index contributed by atoms with van der Waals surface area (Å²) in [4.78, 5) is 31.7. The molecule has 0 aliphatic carbocycles. The topological polar surface area (TPSA) is 62.8 Å². The Labute approximate surface area is 148 Å². The molecule has 3 aromatic rings. The number of H-pyrrole nitrogens is 1. The first-order valence-electron chi connectivity index (χ1n) is 7.67. The van der Waals surface area contributed by atoms with E-state index in [0.29, 0.717) is 22.7 Å². The number of thioether (sulfide) groups is 1. The first kappa shape index (κ1) is 16.9. The molecule has 2 aromatic heterocycles. The van der Waals surface area contributed by atoms with Crippen molar-refractivity contribution in [3.8, 4) is 11.1 Å². The summed E-state index contributed by atoms with van der Waals surface area (Å²) in [5, 5.41) is 3.21. The highest BCUT2D eigenvalue weighted by Gasteiger charge is 2.14. The lowest BCUT2D eigenvalue weighted by molar-refractivity contribution is -0.116. The lowest BCUT2D eigenvalue weighted by atomic mass is 9.99. The van der Waals surface area contributed by atoms with E-state index in [9.17, 15) is 9.59 Å². The van der Waals surface area contributed by atoms with Crippen molar-refractivity contribution < 1.29 is 4.79 Å². The van der Waals surface area contributed by atoms with Crippen molar-refractivity contribution in [2.24, 2.45) is 0 Å². The molecular formula is C18H18N2O2S2. The Kier molecular flexibility index (Phi) is 4.87. The number of rotatable bonds is 5. The third-order valence-corrected chi connectivity index (χ3v) is 5.53. The largest absolute Gasteiger partial charge is 0.301 e. The van der Waals surface area contributed by atoms with E-state index in [2.05, 4.69) is 42.0 Å². The van der Waals surface area contributed by atoms with Gasteiger partial charge >= 0.3 is 0 Å². The molecular weight excluding hydrogens is 340 g/mol. The van der Waals surface area contributed by atoms with E-state index in [4.69, 9.17) is 0 Å². The number of fused-ring (bicyclic) bond motifs is 1. The third-order valence-electron chi connectivity index (χ3n) is 3.79. The smallest absolute Gasteiger partial charge is 0.260 e. The van der Waals surface area contributed by atoms with Gasteiger partial charge < -0.3 is 4.98 Å². The number of carbonyl (C=O) groups excluding carboxylic acids is 1. The van der Waals surface area contributed by atoms with Crippen molar-refractivity contribution in [3.63, 3.8) is 0 Å². The zero-order valence-electron chi connectivity index (χ0n) is 13.8. The maximum absolute atomic E-state index is 12.6.